The van der Waals surface area contributed by atoms with Crippen LogP contribution in [-0.4, -0.2) is 9.13 Å². The van der Waals surface area contributed by atoms with Crippen molar-refractivity contribution < 1.29 is 0 Å². The molecule has 16 rings (SSSR count). The number of rotatable bonds is 11. The van der Waals surface area contributed by atoms with E-state index < -0.39 is 0 Å². The van der Waals surface area contributed by atoms with Crippen molar-refractivity contribution in [3.8, 4) is 55.9 Å². The minimum Gasteiger partial charge on any atom is -0.356 e. The molecule has 0 unspecified atom stereocenters. The molecule has 14 aromatic carbocycles. The maximum atomic E-state index is 3.46. The van der Waals surface area contributed by atoms with Crippen LogP contribution in [0.3, 0.4) is 0 Å². The van der Waals surface area contributed by atoms with Crippen molar-refractivity contribution >= 4 is 94.6 Å². The molecule has 2 heterocycles. The van der Waals surface area contributed by atoms with Crippen LogP contribution in [0.25, 0.3) is 99.5 Å². The number of hydrogen-bond acceptors (Lipinski definition) is 2. The first-order valence-corrected chi connectivity index (χ1v) is 31.2. The Morgan fingerprint density at radius 1 is 0.225 bits per heavy atom. The molecule has 0 atom stereocenters. The Morgan fingerprint density at radius 2 is 0.506 bits per heavy atom. The smallest absolute Gasteiger partial charge is 0.0542 e. The molecule has 0 aliphatic carbocycles. The minimum atomic E-state index is 1.09. The van der Waals surface area contributed by atoms with Crippen LogP contribution in [-0.2, 0) is 0 Å². The Kier molecular flexibility index (Phi) is 16.3. The van der Waals surface area contributed by atoms with E-state index in [9.17, 15) is 0 Å². The van der Waals surface area contributed by atoms with Crippen molar-refractivity contribution in [1.29, 1.82) is 0 Å². The fourth-order valence-corrected chi connectivity index (χ4v) is 12.5. The number of nitrogens with zero attached hydrogens (tertiary/aromatic N) is 3. The van der Waals surface area contributed by atoms with E-state index in [1.165, 1.54) is 97.4 Å². The number of anilines is 5. The summed E-state index contributed by atoms with van der Waals surface area (Å²) in [6.07, 6.45) is 0. The Morgan fingerprint density at radius 3 is 0.888 bits per heavy atom. The fourth-order valence-electron chi connectivity index (χ4n) is 12.0. The van der Waals surface area contributed by atoms with Crippen molar-refractivity contribution in [2.24, 2.45) is 0 Å². The van der Waals surface area contributed by atoms with Crippen LogP contribution in [0.15, 0.2) is 364 Å². The molecule has 0 spiro atoms. The predicted molar refractivity (Wildman–Crippen MR) is 387 cm³/mol. The number of para-hydroxylation sites is 4. The molecule has 4 nitrogen and oxygen atoms in total. The Balaban J connectivity index is 0.000000129. The van der Waals surface area contributed by atoms with Gasteiger partial charge in [-0.2, -0.15) is 0 Å². The first-order chi connectivity index (χ1) is 44.1. The molecule has 0 saturated heterocycles. The van der Waals surface area contributed by atoms with E-state index in [4.69, 9.17) is 0 Å². The second-order valence-electron chi connectivity index (χ2n) is 21.9. The van der Waals surface area contributed by atoms with Gasteiger partial charge in [-0.25, -0.2) is 0 Å². The number of hydrogen-bond donors (Lipinski definition) is 1. The van der Waals surface area contributed by atoms with Crippen LogP contribution in [0, 0.1) is 3.57 Å². The van der Waals surface area contributed by atoms with Gasteiger partial charge >= 0.3 is 0 Å². The van der Waals surface area contributed by atoms with Gasteiger partial charge in [0.25, 0.3) is 0 Å². The van der Waals surface area contributed by atoms with Gasteiger partial charge in [0.1, 0.15) is 0 Å². The third kappa shape index (κ3) is 12.1. The molecular weight excluding hydrogens is 1190 g/mol. The van der Waals surface area contributed by atoms with E-state index in [1.54, 1.807) is 0 Å². The lowest BCUT2D eigenvalue weighted by Crippen LogP contribution is -2.10. The molecule has 5 heteroatoms. The summed E-state index contributed by atoms with van der Waals surface area (Å²) >= 11 is 2.38. The number of aromatic nitrogens is 2. The van der Waals surface area contributed by atoms with Crippen LogP contribution in [0.1, 0.15) is 0 Å². The second-order valence-corrected chi connectivity index (χ2v) is 23.2. The zero-order valence-electron chi connectivity index (χ0n) is 48.9. The number of halogens is 1. The minimum absolute atomic E-state index is 1.09. The molecule has 0 bridgehead atoms. The molecule has 0 saturated carbocycles. The largest absolute Gasteiger partial charge is 0.356 e. The summed E-state index contributed by atoms with van der Waals surface area (Å²) < 4.78 is 5.97. The van der Waals surface area contributed by atoms with Gasteiger partial charge in [-0.15, -0.1) is 0 Å². The lowest BCUT2D eigenvalue weighted by molar-refractivity contribution is 1.18. The van der Waals surface area contributed by atoms with E-state index in [1.807, 2.05) is 12.1 Å². The molecule has 2 aromatic heterocycles. The van der Waals surface area contributed by atoms with Crippen LogP contribution in [0.5, 0.6) is 0 Å². The standard InChI is InChI=1S/C42H30N2.C24H19N.C18H12IN/c1-4-12-31(13-5-1)33-20-24-36(25-21-33)43(37-26-22-34(23-27-37)32-14-6-2-7-15-32)38-28-29-42-40(30-38)39-18-10-11-19-41(39)44(42)35-16-8-3-9-17-35;1-3-7-19(8-4-1)21-11-15-23(16-12-21)25-24-17-13-22(14-18-24)20-9-5-2-6-10-20;19-13-10-11-18-16(12-13)15-8-4-5-9-17(15)20(18)14-6-2-1-3-7-14/h1-30H;1-18,25H;1-12H. The quantitative estimate of drug-likeness (QED) is 0.131. The normalized spacial score (nSPS) is 11.0. The summed E-state index contributed by atoms with van der Waals surface area (Å²) in [6.45, 7) is 0. The van der Waals surface area contributed by atoms with Crippen LogP contribution < -0.4 is 10.2 Å². The third-order valence-corrected chi connectivity index (χ3v) is 17.0. The predicted octanol–water partition coefficient (Wildman–Crippen LogP) is 23.7. The van der Waals surface area contributed by atoms with E-state index >= 15 is 0 Å². The van der Waals surface area contributed by atoms with Gasteiger partial charge in [0.2, 0.25) is 0 Å². The van der Waals surface area contributed by atoms with Crippen LogP contribution in [0.4, 0.5) is 28.4 Å². The summed E-state index contributed by atoms with van der Waals surface area (Å²) in [4.78, 5) is 2.36. The van der Waals surface area contributed by atoms with E-state index in [2.05, 4.69) is 394 Å². The number of fused-ring (bicyclic) bond motifs is 6. The summed E-state index contributed by atoms with van der Waals surface area (Å²) in [6, 6.07) is 129. The topological polar surface area (TPSA) is 25.1 Å². The average Bonchev–Trinajstić information content (AvgIpc) is 2.71. The van der Waals surface area contributed by atoms with Crippen LogP contribution in [0.2, 0.25) is 0 Å². The summed E-state index contributed by atoms with van der Waals surface area (Å²) in [5, 5.41) is 8.56. The Hall–Kier alpha value is -11.0. The van der Waals surface area contributed by atoms with Gasteiger partial charge in [0.05, 0.1) is 22.1 Å². The zero-order valence-corrected chi connectivity index (χ0v) is 51.0. The van der Waals surface area contributed by atoms with Gasteiger partial charge in [0.15, 0.2) is 0 Å². The fraction of sp³-hybridized carbons (Fsp3) is 0. The lowest BCUT2D eigenvalue weighted by Gasteiger charge is -2.26. The van der Waals surface area contributed by atoms with Gasteiger partial charge in [-0.05, 0) is 188 Å². The first kappa shape index (κ1) is 55.9. The third-order valence-electron chi connectivity index (χ3n) is 16.3. The van der Waals surface area contributed by atoms with Crippen molar-refractivity contribution in [1.82, 2.24) is 9.13 Å². The van der Waals surface area contributed by atoms with E-state index in [0.717, 1.165) is 34.1 Å². The highest BCUT2D eigenvalue weighted by atomic mass is 127. The molecule has 1 N–H and O–H groups in total. The SMILES string of the molecule is Ic1ccc2c(c1)c1ccccc1n2-c1ccccc1.c1ccc(-c2ccc(N(c3ccc(-c4ccccc4)cc3)c3ccc4c(c3)c3ccccc3n4-c3ccccc3)cc2)cc1.c1ccc(-c2ccc(Nc3ccc(-c4ccccc4)cc3)cc2)cc1. The molecule has 0 fully saturated rings. The average molecular weight is 1250 g/mol. The highest BCUT2D eigenvalue weighted by Crippen LogP contribution is 2.41. The number of benzene rings is 14. The Labute approximate surface area is 533 Å². The number of nitrogens with one attached hydrogen (secondary N) is 1. The summed E-state index contributed by atoms with van der Waals surface area (Å²) in [5.74, 6) is 0. The monoisotopic (exact) mass is 1250 g/mol. The molecule has 424 valence electrons. The summed E-state index contributed by atoms with van der Waals surface area (Å²) in [5.41, 5.74) is 22.6. The molecule has 0 aliphatic rings. The Bertz CT molecular complexity index is 4810. The van der Waals surface area contributed by atoms with Gasteiger partial charge in [-0.1, -0.05) is 243 Å². The van der Waals surface area contributed by atoms with Gasteiger partial charge in [-0.3, -0.25) is 0 Å². The molecular formula is C84H61IN4. The van der Waals surface area contributed by atoms with E-state index in [0.29, 0.717) is 0 Å². The molecule has 0 aliphatic heterocycles. The summed E-state index contributed by atoms with van der Waals surface area (Å²) in [7, 11) is 0. The molecule has 89 heavy (non-hydrogen) atoms. The van der Waals surface area contributed by atoms with Crippen molar-refractivity contribution in [2.75, 3.05) is 10.2 Å². The van der Waals surface area contributed by atoms with Gasteiger partial charge in [0, 0.05) is 64.9 Å². The van der Waals surface area contributed by atoms with Crippen molar-refractivity contribution in [3.05, 3.63) is 368 Å². The van der Waals surface area contributed by atoms with Gasteiger partial charge < -0.3 is 19.4 Å². The molecule has 0 amide bonds. The highest BCUT2D eigenvalue weighted by Gasteiger charge is 2.18. The maximum absolute atomic E-state index is 3.46. The molecule has 16 aromatic rings. The molecule has 0 radical (unpaired) electrons. The maximum Gasteiger partial charge on any atom is 0.0542 e. The van der Waals surface area contributed by atoms with Crippen LogP contribution >= 0.6 is 22.6 Å². The van der Waals surface area contributed by atoms with E-state index in [-0.39, 0.29) is 0 Å². The second kappa shape index (κ2) is 25.9. The highest BCUT2D eigenvalue weighted by molar-refractivity contribution is 14.1. The first-order valence-electron chi connectivity index (χ1n) is 30.1. The lowest BCUT2D eigenvalue weighted by atomic mass is 10.0. The zero-order chi connectivity index (χ0) is 59.7. The van der Waals surface area contributed by atoms with Crippen molar-refractivity contribution in [3.63, 3.8) is 0 Å². The van der Waals surface area contributed by atoms with Crippen molar-refractivity contribution in [2.45, 2.75) is 0 Å².